The van der Waals surface area contributed by atoms with E-state index in [9.17, 15) is 14.2 Å². The molecule has 160 valence electrons. The highest BCUT2D eigenvalue weighted by molar-refractivity contribution is 8.01. The van der Waals surface area contributed by atoms with E-state index >= 15 is 0 Å². The molecule has 0 N–H and O–H groups in total. The summed E-state index contributed by atoms with van der Waals surface area (Å²) in [6.45, 7) is 0. The van der Waals surface area contributed by atoms with Gasteiger partial charge in [0.1, 0.15) is 11.5 Å². The van der Waals surface area contributed by atoms with E-state index in [2.05, 4.69) is 0 Å². The number of hydrogen-bond acceptors (Lipinski definition) is 5. The van der Waals surface area contributed by atoms with Crippen LogP contribution in [0.15, 0.2) is 60.7 Å². The Hall–Kier alpha value is -2.30. The summed E-state index contributed by atoms with van der Waals surface area (Å²) >= 11 is 18.7. The predicted molar refractivity (Wildman–Crippen MR) is 123 cm³/mol. The van der Waals surface area contributed by atoms with Crippen LogP contribution in [0.1, 0.15) is 20.7 Å². The maximum atomic E-state index is 14.4. The van der Waals surface area contributed by atoms with Crippen LogP contribution < -0.4 is 14.8 Å². The number of hydrogen-bond donors (Lipinski definition) is 0. The highest BCUT2D eigenvalue weighted by Crippen LogP contribution is 2.55. The van der Waals surface area contributed by atoms with Gasteiger partial charge in [-0.1, -0.05) is 71.2 Å². The summed E-state index contributed by atoms with van der Waals surface area (Å²) in [5.74, 6) is 0.0138. The van der Waals surface area contributed by atoms with E-state index in [-0.39, 0.29) is 43.0 Å². The third-order valence-corrected chi connectivity index (χ3v) is 8.12. The Morgan fingerprint density at radius 1 is 0.710 bits per heavy atom. The van der Waals surface area contributed by atoms with Gasteiger partial charge >= 0.3 is 0 Å². The first-order chi connectivity index (χ1) is 14.8. The van der Waals surface area contributed by atoms with Crippen LogP contribution >= 0.6 is 41.9 Å². The minimum atomic E-state index is -4.52. The van der Waals surface area contributed by atoms with Crippen LogP contribution in [0.3, 0.4) is 0 Å². The Morgan fingerprint density at radius 3 is 1.90 bits per heavy atom. The minimum absolute atomic E-state index is 0.00235. The number of carbonyl (C=O) groups excluding carboxylic acids is 2. The predicted octanol–water partition coefficient (Wildman–Crippen LogP) is 6.33. The first-order valence-corrected chi connectivity index (χ1v) is 11.7. The molecule has 9 heteroatoms. The molecule has 0 aliphatic heterocycles. The van der Waals surface area contributed by atoms with E-state index in [1.54, 1.807) is 24.3 Å². The lowest BCUT2D eigenvalue weighted by molar-refractivity contribution is 0.103. The van der Waals surface area contributed by atoms with Gasteiger partial charge in [-0.3, -0.25) is 9.59 Å². The van der Waals surface area contributed by atoms with E-state index in [1.807, 2.05) is 0 Å². The normalized spacial score (nSPS) is 12.7. The van der Waals surface area contributed by atoms with Crippen LogP contribution in [0.2, 0.25) is 15.1 Å². The molecule has 0 amide bonds. The number of rotatable bonds is 7. The van der Waals surface area contributed by atoms with Crippen LogP contribution in [-0.4, -0.2) is 25.3 Å². The van der Waals surface area contributed by atoms with Gasteiger partial charge in [-0.2, -0.15) is 0 Å². The molecule has 1 unspecified atom stereocenters. The molecular formula is C22H16Cl3O5P. The summed E-state index contributed by atoms with van der Waals surface area (Å²) in [5.41, 5.74) is -2.41. The van der Waals surface area contributed by atoms with Crippen molar-refractivity contribution in [1.82, 2.24) is 0 Å². The Kier molecular flexibility index (Phi) is 7.13. The molecule has 0 radical (unpaired) electrons. The minimum Gasteiger partial charge on any atom is -0.496 e. The summed E-state index contributed by atoms with van der Waals surface area (Å²) in [6.07, 6.45) is 0. The third-order valence-electron chi connectivity index (χ3n) is 4.58. The van der Waals surface area contributed by atoms with Crippen molar-refractivity contribution >= 4 is 58.3 Å². The second kappa shape index (κ2) is 9.46. The first-order valence-electron chi connectivity index (χ1n) is 8.87. The molecule has 31 heavy (non-hydrogen) atoms. The fourth-order valence-electron chi connectivity index (χ4n) is 3.09. The van der Waals surface area contributed by atoms with Gasteiger partial charge in [0.15, 0.2) is 0 Å². The summed E-state index contributed by atoms with van der Waals surface area (Å²) in [4.78, 5) is 27.5. The number of benzene rings is 3. The lowest BCUT2D eigenvalue weighted by Gasteiger charge is -2.20. The molecule has 0 saturated carbocycles. The van der Waals surface area contributed by atoms with Gasteiger partial charge in [-0.15, -0.1) is 0 Å². The van der Waals surface area contributed by atoms with Crippen molar-refractivity contribution in [2.75, 3.05) is 14.2 Å². The molecular weight excluding hydrogens is 482 g/mol. The molecule has 0 aromatic heterocycles. The van der Waals surface area contributed by atoms with Gasteiger partial charge in [0.2, 0.25) is 18.2 Å². The zero-order valence-electron chi connectivity index (χ0n) is 16.4. The second-order valence-corrected chi connectivity index (χ2v) is 10.1. The van der Waals surface area contributed by atoms with Crippen LogP contribution in [0.4, 0.5) is 0 Å². The third kappa shape index (κ3) is 4.11. The van der Waals surface area contributed by atoms with E-state index < -0.39 is 18.2 Å². The molecule has 0 heterocycles. The molecule has 0 aliphatic carbocycles. The molecule has 3 rings (SSSR count). The maximum Gasteiger partial charge on any atom is 0.249 e. The van der Waals surface area contributed by atoms with Crippen molar-refractivity contribution in [2.24, 2.45) is 0 Å². The topological polar surface area (TPSA) is 69.7 Å². The van der Waals surface area contributed by atoms with Crippen LogP contribution in [0.25, 0.3) is 0 Å². The van der Waals surface area contributed by atoms with Crippen molar-refractivity contribution in [3.05, 3.63) is 86.9 Å². The lowest BCUT2D eigenvalue weighted by atomic mass is 10.2. The van der Waals surface area contributed by atoms with Crippen molar-refractivity contribution < 1.29 is 23.6 Å². The van der Waals surface area contributed by atoms with Gasteiger partial charge in [-0.25, -0.2) is 0 Å². The Balaban J connectivity index is 2.34. The van der Waals surface area contributed by atoms with E-state index in [1.165, 1.54) is 50.6 Å². The second-order valence-electron chi connectivity index (χ2n) is 6.31. The molecule has 0 fully saturated rings. The number of methoxy groups -OCH3 is 2. The average molecular weight is 498 g/mol. The first kappa shape index (κ1) is 23.4. The highest BCUT2D eigenvalue weighted by atomic mass is 35.5. The maximum absolute atomic E-state index is 14.4. The SMILES string of the molecule is COc1cccc(Cl)c1C(=O)P(=O)(C(=O)c1c(Cl)ccc(Cl)c1OC)c1ccccc1. The standard InChI is InChI=1S/C22H16Cl3O5P/c1-29-17-10-6-9-14(23)18(17)21(26)31(28,13-7-4-3-5-8-13)22(27)19-15(24)11-12-16(25)20(19)30-2/h3-12H,1-2H3. The zero-order valence-corrected chi connectivity index (χ0v) is 19.6. The van der Waals surface area contributed by atoms with Crippen molar-refractivity contribution in [2.45, 2.75) is 0 Å². The average Bonchev–Trinajstić information content (AvgIpc) is 2.79. The Bertz CT molecular complexity index is 1210. The van der Waals surface area contributed by atoms with E-state index in [0.717, 1.165) is 0 Å². The zero-order chi connectivity index (χ0) is 22.8. The molecule has 5 nitrogen and oxygen atoms in total. The van der Waals surface area contributed by atoms with Gasteiger partial charge in [0.25, 0.3) is 0 Å². The van der Waals surface area contributed by atoms with E-state index in [4.69, 9.17) is 44.3 Å². The Morgan fingerprint density at radius 2 is 1.29 bits per heavy atom. The summed E-state index contributed by atoms with van der Waals surface area (Å²) in [6, 6.07) is 15.0. The van der Waals surface area contributed by atoms with Crippen LogP contribution in [0.5, 0.6) is 11.5 Å². The van der Waals surface area contributed by atoms with Crippen LogP contribution in [-0.2, 0) is 4.57 Å². The molecule has 0 spiro atoms. The van der Waals surface area contributed by atoms with Gasteiger partial charge in [0, 0.05) is 5.30 Å². The molecule has 3 aromatic rings. The monoisotopic (exact) mass is 496 g/mol. The van der Waals surface area contributed by atoms with E-state index in [0.29, 0.717) is 0 Å². The smallest absolute Gasteiger partial charge is 0.249 e. The number of carbonyl (C=O) groups is 2. The molecule has 1 atom stereocenters. The quantitative estimate of drug-likeness (QED) is 0.357. The van der Waals surface area contributed by atoms with Gasteiger partial charge in [-0.05, 0) is 24.3 Å². The van der Waals surface area contributed by atoms with Crippen molar-refractivity contribution in [1.29, 1.82) is 0 Å². The fraction of sp³-hybridized carbons (Fsp3) is 0.0909. The molecule has 3 aromatic carbocycles. The molecule has 0 aliphatic rings. The lowest BCUT2D eigenvalue weighted by Crippen LogP contribution is -2.22. The molecule has 0 bridgehead atoms. The van der Waals surface area contributed by atoms with Gasteiger partial charge < -0.3 is 14.0 Å². The summed E-state index contributed by atoms with van der Waals surface area (Å²) in [5, 5.41) is 0.0431. The highest BCUT2D eigenvalue weighted by Gasteiger charge is 2.46. The van der Waals surface area contributed by atoms with Crippen molar-refractivity contribution in [3.63, 3.8) is 0 Å². The van der Waals surface area contributed by atoms with Gasteiger partial charge in [0.05, 0.1) is 40.4 Å². The fourth-order valence-corrected chi connectivity index (χ4v) is 6.27. The summed E-state index contributed by atoms with van der Waals surface area (Å²) in [7, 11) is -1.88. The largest absolute Gasteiger partial charge is 0.496 e. The Labute approximate surface area is 194 Å². The number of halogens is 3. The van der Waals surface area contributed by atoms with Crippen LogP contribution in [0, 0.1) is 0 Å². The molecule has 0 saturated heterocycles. The summed E-state index contributed by atoms with van der Waals surface area (Å²) < 4.78 is 24.9. The van der Waals surface area contributed by atoms with Crippen molar-refractivity contribution in [3.8, 4) is 11.5 Å². The number of ether oxygens (including phenoxy) is 2.